The Balaban J connectivity index is 2.77. The Morgan fingerprint density at radius 1 is 1.35 bits per heavy atom. The van der Waals surface area contributed by atoms with E-state index in [0.29, 0.717) is 5.69 Å². The van der Waals surface area contributed by atoms with Gasteiger partial charge < -0.3 is 10.5 Å². The van der Waals surface area contributed by atoms with Crippen LogP contribution < -0.4 is 5.73 Å². The zero-order valence-corrected chi connectivity index (χ0v) is 11.0. The topological polar surface area (TPSA) is 52.3 Å². The Hall–Kier alpha value is -1.51. The van der Waals surface area contributed by atoms with Gasteiger partial charge in [-0.25, -0.2) is 0 Å². The van der Waals surface area contributed by atoms with Crippen LogP contribution in [0.4, 0.5) is 5.69 Å². The molecule has 0 saturated heterocycles. The number of hydrogen-bond acceptors (Lipinski definition) is 3. The fourth-order valence-electron chi connectivity index (χ4n) is 1.57. The molecule has 1 aromatic carbocycles. The molecular weight excluding hydrogens is 214 g/mol. The van der Waals surface area contributed by atoms with E-state index in [-0.39, 0.29) is 12.4 Å². The standard InChI is InChI=1S/C14H21NO2/c1-5-10-6-7-12(15)11(8-10)9-13(16)17-14(2,3)4/h6-8H,5,9,15H2,1-4H3. The van der Waals surface area contributed by atoms with Gasteiger partial charge in [-0.1, -0.05) is 19.1 Å². The van der Waals surface area contributed by atoms with Gasteiger partial charge in [0.25, 0.3) is 0 Å². The monoisotopic (exact) mass is 235 g/mol. The summed E-state index contributed by atoms with van der Waals surface area (Å²) in [5.74, 6) is -0.238. The predicted molar refractivity (Wildman–Crippen MR) is 69.8 cm³/mol. The number of carbonyl (C=O) groups is 1. The van der Waals surface area contributed by atoms with Crippen LogP contribution in [0.3, 0.4) is 0 Å². The Morgan fingerprint density at radius 3 is 2.53 bits per heavy atom. The molecule has 3 nitrogen and oxygen atoms in total. The van der Waals surface area contributed by atoms with Crippen LogP contribution in [0.15, 0.2) is 18.2 Å². The molecule has 94 valence electrons. The van der Waals surface area contributed by atoms with E-state index in [1.807, 2.05) is 39.0 Å². The number of nitrogen functional groups attached to an aromatic ring is 1. The molecule has 0 fully saturated rings. The van der Waals surface area contributed by atoms with Crippen molar-refractivity contribution in [2.75, 3.05) is 5.73 Å². The summed E-state index contributed by atoms with van der Waals surface area (Å²) < 4.78 is 5.28. The van der Waals surface area contributed by atoms with Crippen molar-refractivity contribution in [3.63, 3.8) is 0 Å². The summed E-state index contributed by atoms with van der Waals surface area (Å²) in [7, 11) is 0. The molecule has 2 N–H and O–H groups in total. The number of hydrogen-bond donors (Lipinski definition) is 1. The van der Waals surface area contributed by atoms with E-state index in [1.165, 1.54) is 5.56 Å². The lowest BCUT2D eigenvalue weighted by atomic mass is 10.0. The molecule has 0 aliphatic rings. The highest BCUT2D eigenvalue weighted by Crippen LogP contribution is 2.17. The Labute approximate surface area is 103 Å². The first-order chi connectivity index (χ1) is 7.81. The van der Waals surface area contributed by atoms with Crippen LogP contribution in [0, 0.1) is 0 Å². The molecule has 3 heteroatoms. The summed E-state index contributed by atoms with van der Waals surface area (Å²) in [6.07, 6.45) is 1.17. The number of anilines is 1. The number of carbonyl (C=O) groups excluding carboxylic acids is 1. The highest BCUT2D eigenvalue weighted by Gasteiger charge is 2.17. The van der Waals surface area contributed by atoms with E-state index in [2.05, 4.69) is 6.92 Å². The van der Waals surface area contributed by atoms with Crippen LogP contribution in [0.5, 0.6) is 0 Å². The summed E-state index contributed by atoms with van der Waals surface area (Å²) in [6, 6.07) is 5.80. The lowest BCUT2D eigenvalue weighted by Crippen LogP contribution is -2.25. The van der Waals surface area contributed by atoms with E-state index in [1.54, 1.807) is 0 Å². The summed E-state index contributed by atoms with van der Waals surface area (Å²) in [4.78, 5) is 11.7. The van der Waals surface area contributed by atoms with Crippen LogP contribution >= 0.6 is 0 Å². The van der Waals surface area contributed by atoms with Gasteiger partial charge in [0.1, 0.15) is 5.60 Å². The minimum absolute atomic E-state index is 0.233. The lowest BCUT2D eigenvalue weighted by Gasteiger charge is -2.19. The van der Waals surface area contributed by atoms with E-state index in [0.717, 1.165) is 12.0 Å². The third kappa shape index (κ3) is 4.47. The zero-order valence-electron chi connectivity index (χ0n) is 11.0. The van der Waals surface area contributed by atoms with Gasteiger partial charge in [-0.15, -0.1) is 0 Å². The van der Waals surface area contributed by atoms with Crippen molar-refractivity contribution in [1.29, 1.82) is 0 Å². The molecule has 17 heavy (non-hydrogen) atoms. The second-order valence-corrected chi connectivity index (χ2v) is 5.15. The van der Waals surface area contributed by atoms with Crippen molar-refractivity contribution in [1.82, 2.24) is 0 Å². The Bertz CT molecular complexity index is 405. The van der Waals surface area contributed by atoms with E-state index < -0.39 is 5.60 Å². The fourth-order valence-corrected chi connectivity index (χ4v) is 1.57. The van der Waals surface area contributed by atoms with Gasteiger partial charge >= 0.3 is 5.97 Å². The Kier molecular flexibility index (Phi) is 4.16. The van der Waals surface area contributed by atoms with E-state index in [4.69, 9.17) is 10.5 Å². The summed E-state index contributed by atoms with van der Waals surface area (Å²) in [6.45, 7) is 7.65. The van der Waals surface area contributed by atoms with Crippen molar-refractivity contribution >= 4 is 11.7 Å². The minimum atomic E-state index is -0.450. The first-order valence-corrected chi connectivity index (χ1v) is 5.91. The van der Waals surface area contributed by atoms with Gasteiger partial charge in [0.2, 0.25) is 0 Å². The molecule has 0 amide bonds. The third-order valence-corrected chi connectivity index (χ3v) is 2.37. The summed E-state index contributed by atoms with van der Waals surface area (Å²) >= 11 is 0. The smallest absolute Gasteiger partial charge is 0.310 e. The van der Waals surface area contributed by atoms with Crippen LogP contribution in [-0.4, -0.2) is 11.6 Å². The van der Waals surface area contributed by atoms with Gasteiger partial charge in [0.05, 0.1) is 6.42 Å². The van der Waals surface area contributed by atoms with Crippen LogP contribution in [0.2, 0.25) is 0 Å². The van der Waals surface area contributed by atoms with Gasteiger partial charge in [0.15, 0.2) is 0 Å². The van der Waals surface area contributed by atoms with Crippen LogP contribution in [0.25, 0.3) is 0 Å². The second kappa shape index (κ2) is 5.21. The van der Waals surface area contributed by atoms with Crippen molar-refractivity contribution in [3.8, 4) is 0 Å². The van der Waals surface area contributed by atoms with Crippen LogP contribution in [-0.2, 0) is 22.4 Å². The molecule has 0 unspecified atom stereocenters. The van der Waals surface area contributed by atoms with Gasteiger partial charge in [0, 0.05) is 5.69 Å². The van der Waals surface area contributed by atoms with Gasteiger partial charge in [-0.2, -0.15) is 0 Å². The Morgan fingerprint density at radius 2 is 2.00 bits per heavy atom. The highest BCUT2D eigenvalue weighted by atomic mass is 16.6. The number of nitrogens with two attached hydrogens (primary N) is 1. The van der Waals surface area contributed by atoms with E-state index in [9.17, 15) is 4.79 Å². The number of esters is 1. The fraction of sp³-hybridized carbons (Fsp3) is 0.500. The van der Waals surface area contributed by atoms with Crippen LogP contribution in [0.1, 0.15) is 38.8 Å². The maximum absolute atomic E-state index is 11.7. The highest BCUT2D eigenvalue weighted by molar-refractivity contribution is 5.75. The average Bonchev–Trinajstić information content (AvgIpc) is 2.18. The molecule has 0 aliphatic carbocycles. The van der Waals surface area contributed by atoms with Gasteiger partial charge in [-0.05, 0) is 44.4 Å². The number of aryl methyl sites for hydroxylation is 1. The predicted octanol–water partition coefficient (Wildman–Crippen LogP) is 2.72. The normalized spacial score (nSPS) is 11.3. The largest absolute Gasteiger partial charge is 0.460 e. The molecule has 0 bridgehead atoms. The lowest BCUT2D eigenvalue weighted by molar-refractivity contribution is -0.153. The third-order valence-electron chi connectivity index (χ3n) is 2.37. The quantitative estimate of drug-likeness (QED) is 0.647. The molecular formula is C14H21NO2. The molecule has 1 rings (SSSR count). The molecule has 0 saturated carbocycles. The molecule has 0 aliphatic heterocycles. The second-order valence-electron chi connectivity index (χ2n) is 5.15. The SMILES string of the molecule is CCc1ccc(N)c(CC(=O)OC(C)(C)C)c1. The maximum atomic E-state index is 11.7. The zero-order chi connectivity index (χ0) is 13.1. The molecule has 0 radical (unpaired) electrons. The van der Waals surface area contributed by atoms with Gasteiger partial charge in [-0.3, -0.25) is 4.79 Å². The maximum Gasteiger partial charge on any atom is 0.310 e. The molecule has 0 spiro atoms. The first kappa shape index (κ1) is 13.6. The van der Waals surface area contributed by atoms with Crippen molar-refractivity contribution < 1.29 is 9.53 Å². The summed E-state index contributed by atoms with van der Waals surface area (Å²) in [5, 5.41) is 0. The molecule has 0 heterocycles. The number of benzene rings is 1. The number of rotatable bonds is 3. The van der Waals surface area contributed by atoms with Crippen molar-refractivity contribution in [3.05, 3.63) is 29.3 Å². The van der Waals surface area contributed by atoms with E-state index >= 15 is 0 Å². The van der Waals surface area contributed by atoms with Crippen molar-refractivity contribution in [2.45, 2.75) is 46.1 Å². The van der Waals surface area contributed by atoms with Crippen molar-refractivity contribution in [2.24, 2.45) is 0 Å². The molecule has 1 aromatic rings. The average molecular weight is 235 g/mol. The molecule has 0 aromatic heterocycles. The molecule has 0 atom stereocenters. The number of ether oxygens (including phenoxy) is 1. The minimum Gasteiger partial charge on any atom is -0.460 e. The summed E-state index contributed by atoms with van der Waals surface area (Å²) in [5.41, 5.74) is 8.07. The first-order valence-electron chi connectivity index (χ1n) is 5.91.